The lowest BCUT2D eigenvalue weighted by Gasteiger charge is -2.10. The molecule has 0 amide bonds. The van der Waals surface area contributed by atoms with Gasteiger partial charge in [0.2, 0.25) is 0 Å². The van der Waals surface area contributed by atoms with Crippen LogP contribution >= 0.6 is 15.9 Å². The fourth-order valence-corrected chi connectivity index (χ4v) is 1.97. The molecule has 5 nitrogen and oxygen atoms in total. The summed E-state index contributed by atoms with van der Waals surface area (Å²) in [5, 5.41) is 19.2. The Morgan fingerprint density at radius 2 is 2.00 bits per heavy atom. The Balaban J connectivity index is 3.46. The Morgan fingerprint density at radius 1 is 1.44 bits per heavy atom. The molecule has 0 saturated carbocycles. The summed E-state index contributed by atoms with van der Waals surface area (Å²) in [5.74, 6) is -1.45. The van der Waals surface area contributed by atoms with Gasteiger partial charge in [0.05, 0.1) is 21.4 Å². The van der Waals surface area contributed by atoms with Crippen LogP contribution in [-0.4, -0.2) is 16.0 Å². The number of carboxylic acids is 1. The maximum atomic E-state index is 12.5. The highest BCUT2D eigenvalue weighted by Gasteiger charge is 2.34. The van der Waals surface area contributed by atoms with Gasteiger partial charge >= 0.3 is 12.1 Å². The van der Waals surface area contributed by atoms with Crippen molar-refractivity contribution in [2.24, 2.45) is 0 Å². The van der Waals surface area contributed by atoms with Gasteiger partial charge in [0.25, 0.3) is 5.69 Å². The molecule has 0 fully saturated rings. The third kappa shape index (κ3) is 3.19. The molecule has 0 aromatic heterocycles. The number of alkyl halides is 3. The van der Waals surface area contributed by atoms with Gasteiger partial charge in [-0.3, -0.25) is 14.9 Å². The average Bonchev–Trinajstić information content (AvgIpc) is 2.13. The standard InChI is InChI=1S/C9H5BrF3NO4/c10-6-3-5(9(11,12)13)1-4(2-7(15)16)8(6)14(17)18/h1,3H,2H2,(H,15,16). The molecule has 9 heteroatoms. The van der Waals surface area contributed by atoms with E-state index in [2.05, 4.69) is 15.9 Å². The Bertz CT molecular complexity index is 515. The predicted octanol–water partition coefficient (Wildman–Crippen LogP) is 3.00. The highest BCUT2D eigenvalue weighted by atomic mass is 79.9. The van der Waals surface area contributed by atoms with Gasteiger partial charge in [0.15, 0.2) is 0 Å². The van der Waals surface area contributed by atoms with Crippen LogP contribution in [0.3, 0.4) is 0 Å². The van der Waals surface area contributed by atoms with Gasteiger partial charge in [0.1, 0.15) is 0 Å². The number of nitro groups is 1. The molecule has 0 aliphatic carbocycles. The lowest BCUT2D eigenvalue weighted by Crippen LogP contribution is -2.10. The van der Waals surface area contributed by atoms with E-state index in [0.29, 0.717) is 12.1 Å². The van der Waals surface area contributed by atoms with E-state index in [1.807, 2.05) is 0 Å². The number of rotatable bonds is 3. The van der Waals surface area contributed by atoms with Crippen molar-refractivity contribution in [1.82, 2.24) is 0 Å². The summed E-state index contributed by atoms with van der Waals surface area (Å²) >= 11 is 2.65. The van der Waals surface area contributed by atoms with E-state index < -0.39 is 44.8 Å². The summed E-state index contributed by atoms with van der Waals surface area (Å²) in [6.07, 6.45) is -5.57. The van der Waals surface area contributed by atoms with Crippen LogP contribution in [0.4, 0.5) is 18.9 Å². The SMILES string of the molecule is O=C(O)Cc1cc(C(F)(F)F)cc(Br)c1[N+](=O)[O-]. The first-order valence-corrected chi connectivity index (χ1v) is 5.18. The number of benzene rings is 1. The van der Waals surface area contributed by atoms with Crippen molar-refractivity contribution in [3.63, 3.8) is 0 Å². The normalized spacial score (nSPS) is 11.3. The maximum Gasteiger partial charge on any atom is 0.416 e. The van der Waals surface area contributed by atoms with Crippen LogP contribution < -0.4 is 0 Å². The lowest BCUT2D eigenvalue weighted by atomic mass is 10.1. The molecular weight excluding hydrogens is 323 g/mol. The van der Waals surface area contributed by atoms with Crippen LogP contribution in [0.2, 0.25) is 0 Å². The highest BCUT2D eigenvalue weighted by molar-refractivity contribution is 9.10. The second-order valence-electron chi connectivity index (χ2n) is 3.29. The molecule has 0 aliphatic rings. The number of nitro benzene ring substituents is 1. The zero-order valence-electron chi connectivity index (χ0n) is 8.49. The van der Waals surface area contributed by atoms with E-state index in [-0.39, 0.29) is 0 Å². The molecule has 0 spiro atoms. The molecule has 1 aromatic rings. The third-order valence-electron chi connectivity index (χ3n) is 1.99. The minimum absolute atomic E-state index is 0.404. The first-order valence-electron chi connectivity index (χ1n) is 4.38. The van der Waals surface area contributed by atoms with Gasteiger partial charge in [-0.1, -0.05) is 0 Å². The summed E-state index contributed by atoms with van der Waals surface area (Å²) in [7, 11) is 0. The predicted molar refractivity (Wildman–Crippen MR) is 57.1 cm³/mol. The van der Waals surface area contributed by atoms with Gasteiger partial charge in [-0.25, -0.2) is 0 Å². The molecule has 18 heavy (non-hydrogen) atoms. The fourth-order valence-electron chi connectivity index (χ4n) is 1.32. The fraction of sp³-hybridized carbons (Fsp3) is 0.222. The van der Waals surface area contributed by atoms with E-state index in [1.165, 1.54) is 0 Å². The quantitative estimate of drug-likeness (QED) is 0.683. The molecule has 0 unspecified atom stereocenters. The number of carboxylic acid groups (broad SMARTS) is 1. The Morgan fingerprint density at radius 3 is 2.39 bits per heavy atom. The van der Waals surface area contributed by atoms with Gasteiger partial charge < -0.3 is 5.11 Å². The number of nitrogens with zero attached hydrogens (tertiary/aromatic N) is 1. The minimum atomic E-state index is -4.70. The molecule has 1 rings (SSSR count). The Hall–Kier alpha value is -1.64. The van der Waals surface area contributed by atoms with Crippen molar-refractivity contribution in [3.05, 3.63) is 37.8 Å². The van der Waals surface area contributed by atoms with Gasteiger partial charge in [-0.2, -0.15) is 13.2 Å². The molecule has 98 valence electrons. The third-order valence-corrected chi connectivity index (χ3v) is 2.60. The smallest absolute Gasteiger partial charge is 0.416 e. The minimum Gasteiger partial charge on any atom is -0.481 e. The average molecular weight is 328 g/mol. The summed E-state index contributed by atoms with van der Waals surface area (Å²) in [5.41, 5.74) is -2.32. The molecule has 0 atom stereocenters. The molecular formula is C9H5BrF3NO4. The lowest BCUT2D eigenvalue weighted by molar-refractivity contribution is -0.386. The van der Waals surface area contributed by atoms with Crippen molar-refractivity contribution in [1.29, 1.82) is 0 Å². The van der Waals surface area contributed by atoms with E-state index in [9.17, 15) is 28.1 Å². The number of carbonyl (C=O) groups is 1. The first kappa shape index (κ1) is 14.4. The molecule has 0 radical (unpaired) electrons. The maximum absolute atomic E-state index is 12.5. The number of aliphatic carboxylic acids is 1. The van der Waals surface area contributed by atoms with Crippen LogP contribution in [0, 0.1) is 10.1 Å². The summed E-state index contributed by atoms with van der Waals surface area (Å²) in [4.78, 5) is 20.3. The molecule has 0 heterocycles. The number of hydrogen-bond acceptors (Lipinski definition) is 3. The van der Waals surface area contributed by atoms with E-state index >= 15 is 0 Å². The monoisotopic (exact) mass is 327 g/mol. The van der Waals surface area contributed by atoms with Crippen LogP contribution in [0.1, 0.15) is 11.1 Å². The van der Waals surface area contributed by atoms with Crippen LogP contribution in [0.15, 0.2) is 16.6 Å². The highest BCUT2D eigenvalue weighted by Crippen LogP contribution is 2.37. The summed E-state index contributed by atoms with van der Waals surface area (Å²) in [6, 6.07) is 1.01. The van der Waals surface area contributed by atoms with E-state index in [1.54, 1.807) is 0 Å². The molecule has 0 saturated heterocycles. The van der Waals surface area contributed by atoms with Crippen molar-refractivity contribution < 1.29 is 28.0 Å². The molecule has 1 N–H and O–H groups in total. The zero-order chi connectivity index (χ0) is 14.1. The first-order chi connectivity index (χ1) is 8.12. The summed E-state index contributed by atoms with van der Waals surface area (Å²) < 4.78 is 37.0. The van der Waals surface area contributed by atoms with Gasteiger partial charge in [-0.05, 0) is 28.1 Å². The van der Waals surface area contributed by atoms with Crippen LogP contribution in [0.5, 0.6) is 0 Å². The topological polar surface area (TPSA) is 80.4 Å². The summed E-state index contributed by atoms with van der Waals surface area (Å²) in [6.45, 7) is 0. The van der Waals surface area contributed by atoms with Crippen molar-refractivity contribution >= 4 is 27.6 Å². The van der Waals surface area contributed by atoms with Crippen molar-refractivity contribution in [3.8, 4) is 0 Å². The molecule has 0 aliphatic heterocycles. The number of halogens is 4. The molecule has 0 bridgehead atoms. The van der Waals surface area contributed by atoms with E-state index in [4.69, 9.17) is 5.11 Å². The second-order valence-corrected chi connectivity index (χ2v) is 4.15. The Kier molecular flexibility index (Phi) is 3.95. The Labute approximate surface area is 106 Å². The van der Waals surface area contributed by atoms with Crippen molar-refractivity contribution in [2.45, 2.75) is 12.6 Å². The second kappa shape index (κ2) is 4.92. The largest absolute Gasteiger partial charge is 0.481 e. The van der Waals surface area contributed by atoms with Crippen molar-refractivity contribution in [2.75, 3.05) is 0 Å². The number of hydrogen-bond donors (Lipinski definition) is 1. The van der Waals surface area contributed by atoms with Gasteiger partial charge in [-0.15, -0.1) is 0 Å². The van der Waals surface area contributed by atoms with Crippen LogP contribution in [0.25, 0.3) is 0 Å². The van der Waals surface area contributed by atoms with Gasteiger partial charge in [0, 0.05) is 5.56 Å². The zero-order valence-corrected chi connectivity index (χ0v) is 10.1. The van der Waals surface area contributed by atoms with E-state index in [0.717, 1.165) is 0 Å². The molecule has 1 aromatic carbocycles. The van der Waals surface area contributed by atoms with Crippen LogP contribution in [-0.2, 0) is 17.4 Å².